The summed E-state index contributed by atoms with van der Waals surface area (Å²) in [7, 11) is -3.91. The van der Waals surface area contributed by atoms with Crippen LogP contribution in [0.4, 0.5) is 5.69 Å². The second-order valence-corrected chi connectivity index (χ2v) is 9.48. The smallest absolute Gasteiger partial charge is 0.263 e. The van der Waals surface area contributed by atoms with Crippen LogP contribution in [0.25, 0.3) is 28.4 Å². The van der Waals surface area contributed by atoms with E-state index in [1.54, 1.807) is 41.0 Å². The minimum absolute atomic E-state index is 0.0821. The van der Waals surface area contributed by atoms with Gasteiger partial charge in [0.1, 0.15) is 10.6 Å². The van der Waals surface area contributed by atoms with E-state index in [1.165, 1.54) is 18.2 Å². The van der Waals surface area contributed by atoms with E-state index in [0.29, 0.717) is 28.5 Å². The van der Waals surface area contributed by atoms with Gasteiger partial charge in [0.2, 0.25) is 5.82 Å². The maximum absolute atomic E-state index is 12.7. The number of pyridine rings is 1. The van der Waals surface area contributed by atoms with Gasteiger partial charge < -0.3 is 0 Å². The fraction of sp³-hybridized carbons (Fsp3) is 0. The molecular weight excluding hydrogens is 483 g/mol. The third-order valence-corrected chi connectivity index (χ3v) is 6.87. The van der Waals surface area contributed by atoms with E-state index in [-0.39, 0.29) is 14.9 Å². The number of halogens is 2. The van der Waals surface area contributed by atoms with Gasteiger partial charge in [-0.05, 0) is 54.6 Å². The number of fused-ring (bicyclic) bond motifs is 1. The van der Waals surface area contributed by atoms with Gasteiger partial charge in [-0.3, -0.25) is 9.71 Å². The summed E-state index contributed by atoms with van der Waals surface area (Å²) in [5, 5.41) is 13.3. The first kappa shape index (κ1) is 21.3. The summed E-state index contributed by atoms with van der Waals surface area (Å²) in [6, 6.07) is 20.2. The minimum Gasteiger partial charge on any atom is -0.280 e. The number of aromatic nitrogens is 5. The molecule has 2 aromatic carbocycles. The van der Waals surface area contributed by atoms with E-state index in [4.69, 9.17) is 23.2 Å². The highest BCUT2D eigenvalue weighted by Gasteiger charge is 2.19. The van der Waals surface area contributed by atoms with Gasteiger partial charge in [0.15, 0.2) is 5.65 Å². The summed E-state index contributed by atoms with van der Waals surface area (Å²) in [6.07, 6.45) is 1.68. The molecule has 33 heavy (non-hydrogen) atoms. The molecule has 0 bridgehead atoms. The van der Waals surface area contributed by atoms with Crippen molar-refractivity contribution in [2.24, 2.45) is 0 Å². The highest BCUT2D eigenvalue weighted by molar-refractivity contribution is 7.92. The van der Waals surface area contributed by atoms with Crippen LogP contribution in [0, 0.1) is 0 Å². The van der Waals surface area contributed by atoms with E-state index in [2.05, 4.69) is 25.0 Å². The van der Waals surface area contributed by atoms with Crippen LogP contribution < -0.4 is 4.72 Å². The highest BCUT2D eigenvalue weighted by Crippen LogP contribution is 2.28. The van der Waals surface area contributed by atoms with Crippen LogP contribution >= 0.6 is 23.2 Å². The maximum Gasteiger partial charge on any atom is 0.263 e. The average Bonchev–Trinajstić information content (AvgIpc) is 3.25. The third kappa shape index (κ3) is 4.25. The van der Waals surface area contributed by atoms with Gasteiger partial charge in [-0.25, -0.2) is 8.42 Å². The first-order valence-electron chi connectivity index (χ1n) is 9.63. The van der Waals surface area contributed by atoms with Crippen LogP contribution in [0.3, 0.4) is 0 Å². The molecular formula is C22H14Cl2N6O2S. The Balaban J connectivity index is 1.44. The molecule has 0 saturated heterocycles. The molecule has 0 aliphatic carbocycles. The molecule has 3 heterocycles. The van der Waals surface area contributed by atoms with Gasteiger partial charge >= 0.3 is 0 Å². The molecule has 0 aliphatic heterocycles. The Morgan fingerprint density at radius 3 is 2.42 bits per heavy atom. The van der Waals surface area contributed by atoms with Crippen molar-refractivity contribution in [1.82, 2.24) is 24.8 Å². The van der Waals surface area contributed by atoms with Crippen LogP contribution in [0.1, 0.15) is 0 Å². The summed E-state index contributed by atoms with van der Waals surface area (Å²) in [5.41, 5.74) is 3.05. The molecule has 3 aromatic heterocycles. The lowest BCUT2D eigenvalue weighted by Crippen LogP contribution is -2.13. The van der Waals surface area contributed by atoms with E-state index in [9.17, 15) is 8.42 Å². The summed E-state index contributed by atoms with van der Waals surface area (Å²) < 4.78 is 29.6. The highest BCUT2D eigenvalue weighted by atomic mass is 35.5. The number of benzene rings is 2. The minimum atomic E-state index is -3.91. The van der Waals surface area contributed by atoms with Crippen molar-refractivity contribution in [2.75, 3.05) is 4.72 Å². The van der Waals surface area contributed by atoms with Gasteiger partial charge in [0, 0.05) is 22.5 Å². The number of sulfonamides is 1. The van der Waals surface area contributed by atoms with E-state index in [0.717, 1.165) is 5.56 Å². The van der Waals surface area contributed by atoms with Gasteiger partial charge in [0.25, 0.3) is 10.0 Å². The van der Waals surface area contributed by atoms with Crippen molar-refractivity contribution < 1.29 is 8.42 Å². The first-order valence-corrected chi connectivity index (χ1v) is 11.9. The first-order chi connectivity index (χ1) is 15.9. The maximum atomic E-state index is 12.7. The number of nitrogens with zero attached hydrogens (tertiary/aromatic N) is 5. The average molecular weight is 497 g/mol. The Morgan fingerprint density at radius 1 is 0.848 bits per heavy atom. The Kier molecular flexibility index (Phi) is 5.45. The predicted octanol–water partition coefficient (Wildman–Crippen LogP) is 4.96. The molecule has 5 rings (SSSR count). The lowest BCUT2D eigenvalue weighted by molar-refractivity contribution is 0.601. The van der Waals surface area contributed by atoms with Gasteiger partial charge in [-0.15, -0.1) is 10.2 Å². The molecule has 164 valence electrons. The van der Waals surface area contributed by atoms with Crippen molar-refractivity contribution in [3.05, 3.63) is 89.0 Å². The molecule has 0 saturated carbocycles. The SMILES string of the molecule is O=S(=O)(Nc1ccc(-c2ccc3nnc(-c4ccccn4)n3n2)cc1)c1cc(Cl)ccc1Cl. The number of hydrogen-bond donors (Lipinski definition) is 1. The van der Waals surface area contributed by atoms with Crippen LogP contribution in [-0.4, -0.2) is 33.2 Å². The zero-order chi connectivity index (χ0) is 23.0. The quantitative estimate of drug-likeness (QED) is 0.368. The monoisotopic (exact) mass is 496 g/mol. The number of hydrogen-bond acceptors (Lipinski definition) is 6. The molecule has 8 nitrogen and oxygen atoms in total. The fourth-order valence-corrected chi connectivity index (χ4v) is 5.02. The molecule has 0 radical (unpaired) electrons. The molecule has 1 N–H and O–H groups in total. The van der Waals surface area contributed by atoms with Crippen LogP contribution in [0.15, 0.2) is 83.9 Å². The van der Waals surface area contributed by atoms with Gasteiger partial charge in [-0.1, -0.05) is 41.4 Å². The van der Waals surface area contributed by atoms with Crippen LogP contribution in [-0.2, 0) is 10.0 Å². The molecule has 0 amide bonds. The van der Waals surface area contributed by atoms with Crippen molar-refractivity contribution in [3.8, 4) is 22.8 Å². The van der Waals surface area contributed by atoms with Crippen LogP contribution in [0.5, 0.6) is 0 Å². The molecule has 0 spiro atoms. The van der Waals surface area contributed by atoms with E-state index >= 15 is 0 Å². The van der Waals surface area contributed by atoms with Crippen molar-refractivity contribution in [2.45, 2.75) is 4.90 Å². The Labute approximate surface area is 198 Å². The lowest BCUT2D eigenvalue weighted by atomic mass is 10.1. The normalized spacial score (nSPS) is 11.6. The third-order valence-electron chi connectivity index (χ3n) is 4.77. The van der Waals surface area contributed by atoms with Crippen molar-refractivity contribution in [3.63, 3.8) is 0 Å². The second-order valence-electron chi connectivity index (χ2n) is 6.98. The molecule has 11 heteroatoms. The van der Waals surface area contributed by atoms with Gasteiger partial charge in [0.05, 0.1) is 10.7 Å². The largest absolute Gasteiger partial charge is 0.280 e. The molecule has 5 aromatic rings. The van der Waals surface area contributed by atoms with Crippen LogP contribution in [0.2, 0.25) is 10.0 Å². The van der Waals surface area contributed by atoms with Crippen molar-refractivity contribution in [1.29, 1.82) is 0 Å². The zero-order valence-electron chi connectivity index (χ0n) is 16.7. The summed E-state index contributed by atoms with van der Waals surface area (Å²) >= 11 is 12.0. The topological polar surface area (TPSA) is 102 Å². The lowest BCUT2D eigenvalue weighted by Gasteiger charge is -2.10. The van der Waals surface area contributed by atoms with E-state index in [1.807, 2.05) is 24.3 Å². The Morgan fingerprint density at radius 2 is 1.67 bits per heavy atom. The number of rotatable bonds is 5. The number of anilines is 1. The Bertz CT molecular complexity index is 1570. The van der Waals surface area contributed by atoms with Crippen molar-refractivity contribution >= 4 is 44.6 Å². The number of nitrogens with one attached hydrogen (secondary N) is 1. The molecule has 0 unspecified atom stereocenters. The summed E-state index contributed by atoms with van der Waals surface area (Å²) in [6.45, 7) is 0. The second kappa shape index (κ2) is 8.43. The summed E-state index contributed by atoms with van der Waals surface area (Å²) in [5.74, 6) is 0.523. The standard InChI is InChI=1S/C22H14Cl2N6O2S/c23-15-6-9-17(24)20(13-15)33(31,32)29-16-7-4-14(5-8-16)18-10-11-21-26-27-22(30(21)28-18)19-3-1-2-12-25-19/h1-13,29H. The molecule has 0 aliphatic rings. The Hall–Kier alpha value is -3.53. The predicted molar refractivity (Wildman–Crippen MR) is 127 cm³/mol. The molecule has 0 fully saturated rings. The fourth-order valence-electron chi connectivity index (χ4n) is 3.20. The van der Waals surface area contributed by atoms with Gasteiger partial charge in [-0.2, -0.15) is 9.61 Å². The summed E-state index contributed by atoms with van der Waals surface area (Å²) in [4.78, 5) is 4.21. The zero-order valence-corrected chi connectivity index (χ0v) is 19.1. The molecule has 0 atom stereocenters. The van der Waals surface area contributed by atoms with E-state index < -0.39 is 10.0 Å².